The van der Waals surface area contributed by atoms with Crippen LogP contribution in [0.25, 0.3) is 0 Å². The molecule has 0 radical (unpaired) electrons. The van der Waals surface area contributed by atoms with Crippen molar-refractivity contribution in [1.29, 1.82) is 0 Å². The van der Waals surface area contributed by atoms with Crippen LogP contribution in [-0.2, 0) is 11.3 Å². The Morgan fingerprint density at radius 3 is 2.77 bits per heavy atom. The first-order chi connectivity index (χ1) is 12.6. The molecule has 0 saturated carbocycles. The number of carbonyl (C=O) groups excluding carboxylic acids is 1. The molecule has 4 rings (SSSR count). The van der Waals surface area contributed by atoms with Gasteiger partial charge in [0.1, 0.15) is 11.5 Å². The van der Waals surface area contributed by atoms with Crippen molar-refractivity contribution >= 4 is 17.5 Å². The van der Waals surface area contributed by atoms with E-state index in [1.165, 1.54) is 5.56 Å². The average Bonchev–Trinajstić information content (AvgIpc) is 3.04. The molecule has 136 valence electrons. The molecule has 1 atom stereocenters. The van der Waals surface area contributed by atoms with E-state index in [-0.39, 0.29) is 11.3 Å². The SMILES string of the molecule is O=C1NCCCC12CCN(Cc1cccc(Oc3ccc(Cl)cc3)c1)C2. The average molecular weight is 371 g/mol. The summed E-state index contributed by atoms with van der Waals surface area (Å²) in [5, 5.41) is 3.74. The van der Waals surface area contributed by atoms with Gasteiger partial charge < -0.3 is 10.1 Å². The van der Waals surface area contributed by atoms with E-state index in [9.17, 15) is 4.79 Å². The van der Waals surface area contributed by atoms with Gasteiger partial charge in [0.15, 0.2) is 0 Å². The molecular weight excluding hydrogens is 348 g/mol. The fraction of sp³-hybridized carbons (Fsp3) is 0.381. The number of likely N-dealkylation sites (tertiary alicyclic amines) is 1. The number of amides is 1. The molecule has 2 aromatic rings. The lowest BCUT2D eigenvalue weighted by Crippen LogP contribution is -2.47. The first kappa shape index (κ1) is 17.4. The van der Waals surface area contributed by atoms with Crippen molar-refractivity contribution in [3.8, 4) is 11.5 Å². The van der Waals surface area contributed by atoms with Crippen LogP contribution in [0.1, 0.15) is 24.8 Å². The van der Waals surface area contributed by atoms with Gasteiger partial charge in [-0.25, -0.2) is 0 Å². The van der Waals surface area contributed by atoms with Crippen LogP contribution >= 0.6 is 11.6 Å². The number of nitrogens with one attached hydrogen (secondary N) is 1. The van der Waals surface area contributed by atoms with Crippen LogP contribution in [0, 0.1) is 5.41 Å². The summed E-state index contributed by atoms with van der Waals surface area (Å²) >= 11 is 5.92. The summed E-state index contributed by atoms with van der Waals surface area (Å²) in [6.07, 6.45) is 3.05. The third kappa shape index (κ3) is 3.71. The molecule has 1 unspecified atom stereocenters. The zero-order chi connectivity index (χ0) is 18.0. The maximum absolute atomic E-state index is 12.3. The molecule has 2 heterocycles. The van der Waals surface area contributed by atoms with Crippen molar-refractivity contribution in [2.24, 2.45) is 5.41 Å². The highest BCUT2D eigenvalue weighted by Crippen LogP contribution is 2.38. The minimum absolute atomic E-state index is 0.171. The summed E-state index contributed by atoms with van der Waals surface area (Å²) < 4.78 is 5.92. The maximum atomic E-state index is 12.3. The summed E-state index contributed by atoms with van der Waals surface area (Å²) in [6, 6.07) is 15.5. The molecule has 2 aliphatic rings. The van der Waals surface area contributed by atoms with Crippen LogP contribution in [0.4, 0.5) is 0 Å². The number of hydrogen-bond donors (Lipinski definition) is 1. The predicted molar refractivity (Wildman–Crippen MR) is 103 cm³/mol. The Labute approximate surface area is 159 Å². The fourth-order valence-corrected chi connectivity index (χ4v) is 4.14. The highest BCUT2D eigenvalue weighted by molar-refractivity contribution is 6.30. The van der Waals surface area contributed by atoms with E-state index in [4.69, 9.17) is 16.3 Å². The molecule has 2 fully saturated rings. The second-order valence-electron chi connectivity index (χ2n) is 7.30. The monoisotopic (exact) mass is 370 g/mol. The molecule has 0 bridgehead atoms. The normalized spacial score (nSPS) is 23.2. The summed E-state index contributed by atoms with van der Waals surface area (Å²) in [5.41, 5.74) is 1.03. The highest BCUT2D eigenvalue weighted by atomic mass is 35.5. The Hall–Kier alpha value is -2.04. The molecule has 0 aliphatic carbocycles. The van der Waals surface area contributed by atoms with Crippen molar-refractivity contribution in [2.45, 2.75) is 25.8 Å². The van der Waals surface area contributed by atoms with Gasteiger partial charge in [0.2, 0.25) is 5.91 Å². The molecule has 1 spiro atoms. The fourth-order valence-electron chi connectivity index (χ4n) is 4.02. The Morgan fingerprint density at radius 2 is 1.96 bits per heavy atom. The first-order valence-electron chi connectivity index (χ1n) is 9.16. The lowest BCUT2D eigenvalue weighted by molar-refractivity contribution is -0.132. The third-order valence-corrected chi connectivity index (χ3v) is 5.64. The number of ether oxygens (including phenoxy) is 1. The van der Waals surface area contributed by atoms with Gasteiger partial charge in [0, 0.05) is 24.7 Å². The number of halogens is 1. The Morgan fingerprint density at radius 1 is 1.12 bits per heavy atom. The Kier molecular flexibility index (Phi) is 4.88. The van der Waals surface area contributed by atoms with Crippen LogP contribution in [0.3, 0.4) is 0 Å². The molecule has 1 amide bonds. The third-order valence-electron chi connectivity index (χ3n) is 5.39. The van der Waals surface area contributed by atoms with Crippen molar-refractivity contribution in [3.05, 3.63) is 59.1 Å². The number of piperidine rings is 1. The molecule has 1 N–H and O–H groups in total. The predicted octanol–water partition coefficient (Wildman–Crippen LogP) is 4.23. The minimum Gasteiger partial charge on any atom is -0.457 e. The van der Waals surface area contributed by atoms with E-state index in [2.05, 4.69) is 22.3 Å². The number of nitrogens with zero attached hydrogens (tertiary/aromatic N) is 1. The molecule has 4 nitrogen and oxygen atoms in total. The topological polar surface area (TPSA) is 41.6 Å². The van der Waals surface area contributed by atoms with Crippen molar-refractivity contribution < 1.29 is 9.53 Å². The standard InChI is InChI=1S/C21H23ClN2O2/c22-17-5-7-18(8-6-17)26-19-4-1-3-16(13-19)14-24-12-10-21(15-24)9-2-11-23-20(21)25/h1,3-8,13H,2,9-12,14-15H2,(H,23,25). The summed E-state index contributed by atoms with van der Waals surface area (Å²) in [7, 11) is 0. The Balaban J connectivity index is 1.41. The smallest absolute Gasteiger partial charge is 0.227 e. The van der Waals surface area contributed by atoms with Gasteiger partial charge in [0.05, 0.1) is 5.41 Å². The highest BCUT2D eigenvalue weighted by Gasteiger charge is 2.45. The largest absolute Gasteiger partial charge is 0.457 e. The lowest BCUT2D eigenvalue weighted by Gasteiger charge is -2.32. The number of benzene rings is 2. The van der Waals surface area contributed by atoms with Crippen LogP contribution in [0.5, 0.6) is 11.5 Å². The summed E-state index contributed by atoms with van der Waals surface area (Å²) in [4.78, 5) is 14.7. The molecule has 5 heteroatoms. The second kappa shape index (κ2) is 7.29. The molecule has 0 aromatic heterocycles. The molecule has 26 heavy (non-hydrogen) atoms. The second-order valence-corrected chi connectivity index (χ2v) is 7.74. The maximum Gasteiger partial charge on any atom is 0.227 e. The molecular formula is C21H23ClN2O2. The zero-order valence-corrected chi connectivity index (χ0v) is 15.5. The van der Waals surface area contributed by atoms with Gasteiger partial charge in [-0.1, -0.05) is 23.7 Å². The van der Waals surface area contributed by atoms with Gasteiger partial charge in [-0.05, 0) is 67.8 Å². The van der Waals surface area contributed by atoms with Crippen LogP contribution < -0.4 is 10.1 Å². The number of hydrogen-bond acceptors (Lipinski definition) is 3. The van der Waals surface area contributed by atoms with E-state index in [1.54, 1.807) is 0 Å². The summed E-state index contributed by atoms with van der Waals surface area (Å²) in [6.45, 7) is 3.48. The molecule has 2 saturated heterocycles. The van der Waals surface area contributed by atoms with Gasteiger partial charge in [0.25, 0.3) is 0 Å². The lowest BCUT2D eigenvalue weighted by atomic mass is 9.79. The van der Waals surface area contributed by atoms with E-state index in [0.29, 0.717) is 5.02 Å². The summed E-state index contributed by atoms with van der Waals surface area (Å²) in [5.74, 6) is 1.82. The quantitative estimate of drug-likeness (QED) is 0.875. The number of rotatable bonds is 4. The van der Waals surface area contributed by atoms with Gasteiger partial charge in [-0.2, -0.15) is 0 Å². The van der Waals surface area contributed by atoms with Gasteiger partial charge >= 0.3 is 0 Å². The van der Waals surface area contributed by atoms with Gasteiger partial charge in [-0.15, -0.1) is 0 Å². The van der Waals surface area contributed by atoms with Crippen LogP contribution in [-0.4, -0.2) is 30.4 Å². The number of carbonyl (C=O) groups is 1. The van der Waals surface area contributed by atoms with E-state index >= 15 is 0 Å². The van der Waals surface area contributed by atoms with Crippen LogP contribution in [0.2, 0.25) is 5.02 Å². The van der Waals surface area contributed by atoms with Crippen molar-refractivity contribution in [2.75, 3.05) is 19.6 Å². The van der Waals surface area contributed by atoms with Gasteiger partial charge in [-0.3, -0.25) is 9.69 Å². The van der Waals surface area contributed by atoms with Crippen molar-refractivity contribution in [1.82, 2.24) is 10.2 Å². The van der Waals surface area contributed by atoms with E-state index in [1.807, 2.05) is 36.4 Å². The van der Waals surface area contributed by atoms with E-state index < -0.39 is 0 Å². The van der Waals surface area contributed by atoms with Crippen molar-refractivity contribution in [3.63, 3.8) is 0 Å². The van der Waals surface area contributed by atoms with Crippen LogP contribution in [0.15, 0.2) is 48.5 Å². The Bertz CT molecular complexity index is 793. The van der Waals surface area contributed by atoms with E-state index in [0.717, 1.165) is 56.9 Å². The first-order valence-corrected chi connectivity index (χ1v) is 9.54. The minimum atomic E-state index is -0.171. The zero-order valence-electron chi connectivity index (χ0n) is 14.7. The molecule has 2 aromatic carbocycles. The molecule has 2 aliphatic heterocycles.